The first-order valence-electron chi connectivity index (χ1n) is 5.84. The molecule has 0 aromatic rings. The van der Waals surface area contributed by atoms with E-state index in [-0.39, 0.29) is 12.4 Å². The third kappa shape index (κ3) is 3.28. The molecule has 0 saturated carbocycles. The van der Waals surface area contributed by atoms with Gasteiger partial charge in [-0.05, 0) is 37.3 Å². The summed E-state index contributed by atoms with van der Waals surface area (Å²) < 4.78 is 0. The first-order valence-corrected chi connectivity index (χ1v) is 6.99. The maximum absolute atomic E-state index is 12.2. The molecule has 0 aromatic carbocycles. The van der Waals surface area contributed by atoms with Gasteiger partial charge in [0, 0.05) is 25.6 Å². The average Bonchev–Trinajstić information content (AvgIpc) is 2.82. The number of hydrogen-bond acceptors (Lipinski definition) is 3. The third-order valence-electron chi connectivity index (χ3n) is 3.50. The molecule has 5 heteroatoms. The van der Waals surface area contributed by atoms with Crippen molar-refractivity contribution in [2.24, 2.45) is 5.92 Å². The van der Waals surface area contributed by atoms with Crippen molar-refractivity contribution in [2.45, 2.75) is 25.3 Å². The van der Waals surface area contributed by atoms with Crippen LogP contribution in [0.15, 0.2) is 0 Å². The molecule has 1 N–H and O–H groups in total. The second-order valence-electron chi connectivity index (χ2n) is 4.48. The molecule has 94 valence electrons. The zero-order valence-electron chi connectivity index (χ0n) is 9.78. The Balaban J connectivity index is 0.00000128. The van der Waals surface area contributed by atoms with Gasteiger partial charge in [0.05, 0.1) is 0 Å². The minimum absolute atomic E-state index is 0. The molecule has 2 aliphatic heterocycles. The van der Waals surface area contributed by atoms with Gasteiger partial charge in [0.1, 0.15) is 0 Å². The number of halogens is 1. The van der Waals surface area contributed by atoms with E-state index in [1.54, 1.807) is 0 Å². The van der Waals surface area contributed by atoms with E-state index in [0.717, 1.165) is 43.9 Å². The number of thioether (sulfide) groups is 1. The van der Waals surface area contributed by atoms with Crippen LogP contribution >= 0.6 is 24.2 Å². The summed E-state index contributed by atoms with van der Waals surface area (Å²) in [5.41, 5.74) is 0. The molecule has 2 aliphatic rings. The van der Waals surface area contributed by atoms with Gasteiger partial charge in [-0.1, -0.05) is 0 Å². The van der Waals surface area contributed by atoms with E-state index in [2.05, 4.69) is 5.32 Å². The van der Waals surface area contributed by atoms with Crippen LogP contribution in [-0.4, -0.2) is 48.5 Å². The number of nitrogens with zero attached hydrogens (tertiary/aromatic N) is 1. The van der Waals surface area contributed by atoms with Crippen LogP contribution in [0.5, 0.6) is 0 Å². The topological polar surface area (TPSA) is 32.3 Å². The van der Waals surface area contributed by atoms with Gasteiger partial charge in [-0.2, -0.15) is 11.8 Å². The highest BCUT2D eigenvalue weighted by Gasteiger charge is 2.29. The number of carbonyl (C=O) groups is 1. The molecule has 0 aliphatic carbocycles. The Labute approximate surface area is 108 Å². The van der Waals surface area contributed by atoms with Crippen molar-refractivity contribution in [3.05, 3.63) is 0 Å². The molecular formula is C11H21ClN2OS. The van der Waals surface area contributed by atoms with Gasteiger partial charge >= 0.3 is 0 Å². The summed E-state index contributed by atoms with van der Waals surface area (Å²) in [6, 6.07) is 0.437. The second kappa shape index (κ2) is 6.72. The highest BCUT2D eigenvalue weighted by molar-refractivity contribution is 7.99. The Morgan fingerprint density at radius 1 is 1.31 bits per heavy atom. The minimum Gasteiger partial charge on any atom is -0.341 e. The lowest BCUT2D eigenvalue weighted by Gasteiger charge is -2.30. The van der Waals surface area contributed by atoms with Crippen LogP contribution in [0, 0.1) is 5.92 Å². The summed E-state index contributed by atoms with van der Waals surface area (Å²) in [4.78, 5) is 14.2. The van der Waals surface area contributed by atoms with E-state index in [0.29, 0.717) is 17.9 Å². The lowest BCUT2D eigenvalue weighted by atomic mass is 10.0. The largest absolute Gasteiger partial charge is 0.341 e. The average molecular weight is 265 g/mol. The summed E-state index contributed by atoms with van der Waals surface area (Å²) in [7, 11) is 1.97. The van der Waals surface area contributed by atoms with Crippen molar-refractivity contribution < 1.29 is 4.79 Å². The summed E-state index contributed by atoms with van der Waals surface area (Å²) in [5, 5.41) is 3.31. The van der Waals surface area contributed by atoms with Gasteiger partial charge in [-0.3, -0.25) is 4.79 Å². The molecule has 3 nitrogen and oxygen atoms in total. The van der Waals surface area contributed by atoms with Crippen LogP contribution in [0.2, 0.25) is 0 Å². The van der Waals surface area contributed by atoms with Crippen molar-refractivity contribution in [3.8, 4) is 0 Å². The van der Waals surface area contributed by atoms with Crippen molar-refractivity contribution in [3.63, 3.8) is 0 Å². The van der Waals surface area contributed by atoms with Gasteiger partial charge < -0.3 is 10.2 Å². The highest BCUT2D eigenvalue weighted by atomic mass is 35.5. The summed E-state index contributed by atoms with van der Waals surface area (Å²) in [6.07, 6.45) is 3.27. The molecule has 2 fully saturated rings. The number of hydrogen-bond donors (Lipinski definition) is 1. The standard InChI is InChI=1S/C11H20N2OS.ClH/c1-13(10-2-5-12-8-10)11(14)9-3-6-15-7-4-9;/h9-10,12H,2-8H2,1H3;1H. The van der Waals surface area contributed by atoms with Crippen molar-refractivity contribution in [2.75, 3.05) is 31.6 Å². The van der Waals surface area contributed by atoms with E-state index in [1.807, 2.05) is 23.7 Å². The van der Waals surface area contributed by atoms with E-state index in [1.165, 1.54) is 0 Å². The zero-order valence-corrected chi connectivity index (χ0v) is 11.4. The Bertz CT molecular complexity index is 228. The van der Waals surface area contributed by atoms with Gasteiger partial charge in [-0.15, -0.1) is 12.4 Å². The van der Waals surface area contributed by atoms with E-state index in [4.69, 9.17) is 0 Å². The predicted octanol–water partition coefficient (Wildman–Crippen LogP) is 1.37. The van der Waals surface area contributed by atoms with E-state index in [9.17, 15) is 4.79 Å². The van der Waals surface area contributed by atoms with E-state index < -0.39 is 0 Å². The third-order valence-corrected chi connectivity index (χ3v) is 4.55. The fourth-order valence-electron chi connectivity index (χ4n) is 2.38. The number of nitrogens with one attached hydrogen (secondary N) is 1. The molecule has 1 unspecified atom stereocenters. The smallest absolute Gasteiger partial charge is 0.225 e. The SMILES string of the molecule is CN(C(=O)C1CCSCC1)C1CCNC1.Cl. The van der Waals surface area contributed by atoms with Crippen LogP contribution in [0.1, 0.15) is 19.3 Å². The summed E-state index contributed by atoms with van der Waals surface area (Å²) in [5.74, 6) is 3.00. The predicted molar refractivity (Wildman–Crippen MR) is 71.3 cm³/mol. The molecular weight excluding hydrogens is 244 g/mol. The van der Waals surface area contributed by atoms with Crippen LogP contribution in [-0.2, 0) is 4.79 Å². The lowest BCUT2D eigenvalue weighted by molar-refractivity contribution is -0.136. The van der Waals surface area contributed by atoms with Gasteiger partial charge in [0.15, 0.2) is 0 Å². The van der Waals surface area contributed by atoms with Crippen LogP contribution in [0.3, 0.4) is 0 Å². The molecule has 0 aromatic heterocycles. The van der Waals surface area contributed by atoms with Gasteiger partial charge in [0.2, 0.25) is 5.91 Å². The highest BCUT2D eigenvalue weighted by Crippen LogP contribution is 2.25. The number of amides is 1. The number of carbonyl (C=O) groups excluding carboxylic acids is 1. The summed E-state index contributed by atoms with van der Waals surface area (Å²) >= 11 is 1.98. The number of likely N-dealkylation sites (N-methyl/N-ethyl adjacent to an activating group) is 1. The molecule has 0 radical (unpaired) electrons. The quantitative estimate of drug-likeness (QED) is 0.818. The molecule has 0 bridgehead atoms. The molecule has 2 saturated heterocycles. The maximum Gasteiger partial charge on any atom is 0.225 e. The molecule has 1 atom stereocenters. The van der Waals surface area contributed by atoms with Crippen LogP contribution < -0.4 is 5.32 Å². The van der Waals surface area contributed by atoms with E-state index >= 15 is 0 Å². The van der Waals surface area contributed by atoms with Crippen LogP contribution in [0.25, 0.3) is 0 Å². The molecule has 0 spiro atoms. The fraction of sp³-hybridized carbons (Fsp3) is 0.909. The van der Waals surface area contributed by atoms with Crippen LogP contribution in [0.4, 0.5) is 0 Å². The Morgan fingerprint density at radius 3 is 2.56 bits per heavy atom. The molecule has 1 amide bonds. The molecule has 2 rings (SSSR count). The van der Waals surface area contributed by atoms with Crippen molar-refractivity contribution in [1.82, 2.24) is 10.2 Å². The number of rotatable bonds is 2. The first kappa shape index (κ1) is 14.1. The molecule has 2 heterocycles. The zero-order chi connectivity index (χ0) is 10.7. The molecule has 16 heavy (non-hydrogen) atoms. The Hall–Kier alpha value is 0.0700. The normalized spacial score (nSPS) is 26.2. The maximum atomic E-state index is 12.2. The first-order chi connectivity index (χ1) is 7.29. The monoisotopic (exact) mass is 264 g/mol. The van der Waals surface area contributed by atoms with Crippen molar-refractivity contribution in [1.29, 1.82) is 0 Å². The van der Waals surface area contributed by atoms with Gasteiger partial charge in [0.25, 0.3) is 0 Å². The second-order valence-corrected chi connectivity index (χ2v) is 5.71. The lowest BCUT2D eigenvalue weighted by Crippen LogP contribution is -2.42. The Kier molecular flexibility index (Phi) is 5.94. The van der Waals surface area contributed by atoms with Crippen molar-refractivity contribution >= 4 is 30.1 Å². The fourth-order valence-corrected chi connectivity index (χ4v) is 3.49. The Morgan fingerprint density at radius 2 is 2.00 bits per heavy atom. The van der Waals surface area contributed by atoms with Gasteiger partial charge in [-0.25, -0.2) is 0 Å². The minimum atomic E-state index is 0. The summed E-state index contributed by atoms with van der Waals surface area (Å²) in [6.45, 7) is 2.03.